The number of primary amides is 1. The van der Waals surface area contributed by atoms with Crippen LogP contribution in [0.5, 0.6) is 0 Å². The number of nitrogens with two attached hydrogens (primary N) is 1. The molecule has 2 saturated carbocycles. The van der Waals surface area contributed by atoms with Crippen LogP contribution in [0.25, 0.3) is 0 Å². The average molecular weight is 609 g/mol. The number of likely N-dealkylation sites (N-methyl/N-ethyl adjacent to an activating group) is 1. The molecule has 0 bridgehead atoms. The standard InChI is InChI=1S/C30H52N6O5S/c1-30(2,3)23(18-35(4)42-5)33-29(41)34-24(20-13-7-6-8-14-20)28(40)36-16-10-15-22(36)27(39)32-21(25(37)26(31)38)17-19-11-9-12-19/h19-24H,6-18H2,1-5H3,(H2,31,38)(H,32,39)(H2,33,34,41). The van der Waals surface area contributed by atoms with Crippen molar-refractivity contribution in [2.75, 3.05) is 26.4 Å². The molecule has 5 N–H and O–H groups in total. The summed E-state index contributed by atoms with van der Waals surface area (Å²) in [5, 5.41) is 8.89. The van der Waals surface area contributed by atoms with Gasteiger partial charge < -0.3 is 26.6 Å². The average Bonchev–Trinajstić information content (AvgIpc) is 3.42. The maximum absolute atomic E-state index is 14.1. The van der Waals surface area contributed by atoms with Crippen LogP contribution < -0.4 is 21.7 Å². The Morgan fingerprint density at radius 1 is 0.929 bits per heavy atom. The zero-order valence-electron chi connectivity index (χ0n) is 26.1. The maximum Gasteiger partial charge on any atom is 0.315 e. The molecule has 1 saturated heterocycles. The monoisotopic (exact) mass is 608 g/mol. The summed E-state index contributed by atoms with van der Waals surface area (Å²) in [4.78, 5) is 66.8. The van der Waals surface area contributed by atoms with Crippen molar-refractivity contribution in [1.29, 1.82) is 0 Å². The van der Waals surface area contributed by atoms with Gasteiger partial charge in [-0.25, -0.2) is 4.79 Å². The van der Waals surface area contributed by atoms with Crippen LogP contribution in [0.1, 0.15) is 91.4 Å². The number of urea groups is 1. The Kier molecular flexibility index (Phi) is 12.5. The number of ketones is 1. The Bertz CT molecular complexity index is 978. The molecule has 0 radical (unpaired) electrons. The van der Waals surface area contributed by atoms with E-state index in [-0.39, 0.29) is 35.2 Å². The largest absolute Gasteiger partial charge is 0.363 e. The van der Waals surface area contributed by atoms with Crippen LogP contribution in [0.3, 0.4) is 0 Å². The molecule has 1 heterocycles. The molecule has 42 heavy (non-hydrogen) atoms. The smallest absolute Gasteiger partial charge is 0.315 e. The fourth-order valence-electron chi connectivity index (χ4n) is 6.27. The van der Waals surface area contributed by atoms with E-state index in [1.165, 1.54) is 0 Å². The van der Waals surface area contributed by atoms with E-state index in [1.807, 2.05) is 13.3 Å². The molecule has 238 valence electrons. The van der Waals surface area contributed by atoms with Gasteiger partial charge in [0.2, 0.25) is 17.6 Å². The van der Waals surface area contributed by atoms with Gasteiger partial charge in [0.25, 0.3) is 5.91 Å². The first-order chi connectivity index (χ1) is 19.8. The first-order valence-electron chi connectivity index (χ1n) is 15.6. The Morgan fingerprint density at radius 2 is 1.60 bits per heavy atom. The highest BCUT2D eigenvalue weighted by Crippen LogP contribution is 2.32. The highest BCUT2D eigenvalue weighted by atomic mass is 32.2. The van der Waals surface area contributed by atoms with Gasteiger partial charge in [0.05, 0.1) is 6.04 Å². The minimum absolute atomic E-state index is 0.0222. The van der Waals surface area contributed by atoms with Gasteiger partial charge in [-0.15, -0.1) is 0 Å². The summed E-state index contributed by atoms with van der Waals surface area (Å²) in [6, 6.07) is -3.05. The molecule has 2 aliphatic carbocycles. The molecule has 3 aliphatic rings. The van der Waals surface area contributed by atoms with Gasteiger partial charge in [0.1, 0.15) is 12.1 Å². The molecule has 3 rings (SSSR count). The molecular formula is C30H52N6O5S. The number of hydrogen-bond acceptors (Lipinski definition) is 7. The fourth-order valence-corrected chi connectivity index (χ4v) is 6.57. The van der Waals surface area contributed by atoms with Gasteiger partial charge in [-0.2, -0.15) is 0 Å². The molecule has 4 atom stereocenters. The molecule has 5 amide bonds. The van der Waals surface area contributed by atoms with Crippen molar-refractivity contribution in [2.45, 2.75) is 116 Å². The SMILES string of the molecule is CSN(C)CC(NC(=O)NC(C(=O)N1CCCC1C(=O)NC(CC1CCC1)C(=O)C(N)=O)C1CCCCC1)C(C)(C)C. The van der Waals surface area contributed by atoms with Gasteiger partial charge in [-0.1, -0.05) is 71.2 Å². The fraction of sp³-hybridized carbons (Fsp3) is 0.833. The summed E-state index contributed by atoms with van der Waals surface area (Å²) < 4.78 is 2.06. The van der Waals surface area contributed by atoms with Gasteiger partial charge in [0, 0.05) is 19.1 Å². The van der Waals surface area contributed by atoms with E-state index in [0.29, 0.717) is 32.4 Å². The van der Waals surface area contributed by atoms with Crippen LogP contribution in [-0.2, 0) is 19.2 Å². The predicted molar refractivity (Wildman–Crippen MR) is 164 cm³/mol. The number of amides is 5. The van der Waals surface area contributed by atoms with Crippen molar-refractivity contribution in [2.24, 2.45) is 23.0 Å². The number of hydrogen-bond donors (Lipinski definition) is 4. The van der Waals surface area contributed by atoms with E-state index in [2.05, 4.69) is 41.0 Å². The molecule has 12 heteroatoms. The summed E-state index contributed by atoms with van der Waals surface area (Å²) in [7, 11) is 1.98. The topological polar surface area (TPSA) is 154 Å². The normalized spacial score (nSPS) is 22.1. The van der Waals surface area contributed by atoms with E-state index in [0.717, 1.165) is 51.4 Å². The van der Waals surface area contributed by atoms with Crippen LogP contribution in [-0.4, -0.2) is 89.3 Å². The molecular weight excluding hydrogens is 556 g/mol. The number of likely N-dealkylation sites (tertiary alicyclic amines) is 1. The molecule has 0 aromatic carbocycles. The summed E-state index contributed by atoms with van der Waals surface area (Å²) in [6.07, 6.45) is 11.2. The number of carbonyl (C=O) groups is 5. The maximum atomic E-state index is 14.1. The molecule has 11 nitrogen and oxygen atoms in total. The number of Topliss-reactive ketones (excluding diaryl/α,β-unsaturated/α-hetero) is 1. The second-order valence-electron chi connectivity index (χ2n) is 13.4. The van der Waals surface area contributed by atoms with Gasteiger partial charge in [0.15, 0.2) is 0 Å². The predicted octanol–water partition coefficient (Wildman–Crippen LogP) is 2.58. The summed E-state index contributed by atoms with van der Waals surface area (Å²) >= 11 is 1.59. The van der Waals surface area contributed by atoms with Crippen molar-refractivity contribution < 1.29 is 24.0 Å². The number of carbonyl (C=O) groups excluding carboxylic acids is 5. The van der Waals surface area contributed by atoms with E-state index in [9.17, 15) is 24.0 Å². The summed E-state index contributed by atoms with van der Waals surface area (Å²) in [6.45, 7) is 7.25. The molecule has 0 aromatic rings. The van der Waals surface area contributed by atoms with Crippen LogP contribution in [0.2, 0.25) is 0 Å². The quantitative estimate of drug-likeness (QED) is 0.185. The zero-order chi connectivity index (χ0) is 31.0. The molecule has 4 unspecified atom stereocenters. The molecule has 3 fully saturated rings. The van der Waals surface area contributed by atoms with Crippen molar-refractivity contribution in [3.8, 4) is 0 Å². The third-order valence-corrected chi connectivity index (χ3v) is 10.1. The number of rotatable bonds is 13. The van der Waals surface area contributed by atoms with E-state index in [4.69, 9.17) is 5.73 Å². The van der Waals surface area contributed by atoms with Gasteiger partial charge >= 0.3 is 6.03 Å². The Labute approximate surface area is 255 Å². The van der Waals surface area contributed by atoms with Crippen molar-refractivity contribution in [3.63, 3.8) is 0 Å². The van der Waals surface area contributed by atoms with Crippen LogP contribution >= 0.6 is 11.9 Å². The van der Waals surface area contributed by atoms with Crippen molar-refractivity contribution in [1.82, 2.24) is 25.2 Å². The Balaban J connectivity index is 1.75. The molecule has 0 aromatic heterocycles. The highest BCUT2D eigenvalue weighted by Gasteiger charge is 2.42. The second-order valence-corrected chi connectivity index (χ2v) is 14.4. The lowest BCUT2D eigenvalue weighted by Gasteiger charge is -2.37. The first kappa shape index (κ1) is 34.2. The lowest BCUT2D eigenvalue weighted by atomic mass is 9.80. The Hall–Kier alpha value is -2.34. The highest BCUT2D eigenvalue weighted by molar-refractivity contribution is 7.96. The van der Waals surface area contributed by atoms with Crippen LogP contribution in [0.4, 0.5) is 4.79 Å². The third-order valence-electron chi connectivity index (χ3n) is 9.28. The van der Waals surface area contributed by atoms with E-state index in [1.54, 1.807) is 16.8 Å². The van der Waals surface area contributed by atoms with Crippen molar-refractivity contribution in [3.05, 3.63) is 0 Å². The van der Waals surface area contributed by atoms with E-state index < -0.39 is 35.7 Å². The molecule has 0 spiro atoms. The molecule has 1 aliphatic heterocycles. The lowest BCUT2D eigenvalue weighted by molar-refractivity contribution is -0.143. The third kappa shape index (κ3) is 9.33. The summed E-state index contributed by atoms with van der Waals surface area (Å²) in [5.41, 5.74) is 5.08. The number of nitrogens with one attached hydrogen (secondary N) is 3. The summed E-state index contributed by atoms with van der Waals surface area (Å²) in [5.74, 6) is -2.33. The lowest BCUT2D eigenvalue weighted by Crippen LogP contribution is -2.60. The van der Waals surface area contributed by atoms with Crippen LogP contribution in [0.15, 0.2) is 0 Å². The van der Waals surface area contributed by atoms with Gasteiger partial charge in [-0.05, 0) is 62.7 Å². The minimum atomic E-state index is -1.07. The van der Waals surface area contributed by atoms with E-state index >= 15 is 0 Å². The first-order valence-corrected chi connectivity index (χ1v) is 16.8. The second kappa shape index (κ2) is 15.4. The zero-order valence-corrected chi connectivity index (χ0v) is 26.9. The Morgan fingerprint density at radius 3 is 2.14 bits per heavy atom. The van der Waals surface area contributed by atoms with Gasteiger partial charge in [-0.3, -0.25) is 23.5 Å². The number of nitrogens with zero attached hydrogens (tertiary/aromatic N) is 2. The van der Waals surface area contributed by atoms with Crippen molar-refractivity contribution >= 4 is 41.5 Å². The minimum Gasteiger partial charge on any atom is -0.363 e. The van der Waals surface area contributed by atoms with Crippen LogP contribution in [0, 0.1) is 17.3 Å².